The predicted octanol–water partition coefficient (Wildman–Crippen LogP) is 3.15. The van der Waals surface area contributed by atoms with Crippen LogP contribution in [0.3, 0.4) is 0 Å². The van der Waals surface area contributed by atoms with Crippen molar-refractivity contribution in [1.29, 1.82) is 0 Å². The Kier molecular flexibility index (Phi) is 4.98. The van der Waals surface area contributed by atoms with E-state index in [0.29, 0.717) is 18.1 Å². The van der Waals surface area contributed by atoms with E-state index in [4.69, 9.17) is 5.73 Å². The summed E-state index contributed by atoms with van der Waals surface area (Å²) in [6.07, 6.45) is 2.81. The molecule has 2 nitrogen and oxygen atoms in total. The standard InChI is InChI=1S/C13H27NO/c1-7-10(8-2)9-11(15)12(3,4)13(5,6)14/h10H,7-9,14H2,1-6H3. The van der Waals surface area contributed by atoms with Gasteiger partial charge in [0.2, 0.25) is 0 Å². The number of hydrogen-bond acceptors (Lipinski definition) is 2. The topological polar surface area (TPSA) is 43.1 Å². The van der Waals surface area contributed by atoms with E-state index in [1.54, 1.807) is 0 Å². The zero-order valence-corrected chi connectivity index (χ0v) is 11.2. The quantitative estimate of drug-likeness (QED) is 0.736. The van der Waals surface area contributed by atoms with Gasteiger partial charge in [-0.3, -0.25) is 4.79 Å². The fourth-order valence-electron chi connectivity index (χ4n) is 1.45. The molecule has 0 bridgehead atoms. The molecule has 0 aromatic rings. The summed E-state index contributed by atoms with van der Waals surface area (Å²) in [5.74, 6) is 0.808. The van der Waals surface area contributed by atoms with Crippen LogP contribution in [0.15, 0.2) is 0 Å². The van der Waals surface area contributed by atoms with Gasteiger partial charge in [-0.15, -0.1) is 0 Å². The molecule has 0 fully saturated rings. The number of ketones is 1. The SMILES string of the molecule is CCC(CC)CC(=O)C(C)(C)C(C)(C)N. The van der Waals surface area contributed by atoms with Crippen molar-refractivity contribution >= 4 is 5.78 Å². The van der Waals surface area contributed by atoms with Gasteiger partial charge in [-0.05, 0) is 19.8 Å². The minimum absolute atomic E-state index is 0.295. The molecule has 0 rings (SSSR count). The van der Waals surface area contributed by atoms with Gasteiger partial charge in [0.15, 0.2) is 0 Å². The molecule has 0 heterocycles. The Morgan fingerprint density at radius 1 is 1.13 bits per heavy atom. The monoisotopic (exact) mass is 213 g/mol. The summed E-state index contributed by atoms with van der Waals surface area (Å²) in [5.41, 5.74) is 5.17. The molecule has 0 spiro atoms. The third-order valence-corrected chi connectivity index (χ3v) is 3.94. The Morgan fingerprint density at radius 2 is 1.53 bits per heavy atom. The molecule has 2 heteroatoms. The van der Waals surface area contributed by atoms with Crippen molar-refractivity contribution in [3.63, 3.8) is 0 Å². The van der Waals surface area contributed by atoms with Crippen molar-refractivity contribution in [2.75, 3.05) is 0 Å². The van der Waals surface area contributed by atoms with Crippen LogP contribution in [0.4, 0.5) is 0 Å². The first-order chi connectivity index (χ1) is 6.66. The predicted molar refractivity (Wildman–Crippen MR) is 65.7 cm³/mol. The summed E-state index contributed by atoms with van der Waals surface area (Å²) < 4.78 is 0. The molecule has 0 aromatic carbocycles. The Morgan fingerprint density at radius 3 is 1.80 bits per heavy atom. The smallest absolute Gasteiger partial charge is 0.140 e. The van der Waals surface area contributed by atoms with Crippen LogP contribution < -0.4 is 5.73 Å². The molecule has 2 N–H and O–H groups in total. The van der Waals surface area contributed by atoms with Gasteiger partial charge < -0.3 is 5.73 Å². The highest BCUT2D eigenvalue weighted by Gasteiger charge is 2.40. The van der Waals surface area contributed by atoms with E-state index in [2.05, 4.69) is 13.8 Å². The maximum absolute atomic E-state index is 12.2. The van der Waals surface area contributed by atoms with Gasteiger partial charge in [0.1, 0.15) is 5.78 Å². The molecule has 0 atom stereocenters. The van der Waals surface area contributed by atoms with Gasteiger partial charge in [-0.1, -0.05) is 40.5 Å². The van der Waals surface area contributed by atoms with Crippen molar-refractivity contribution in [2.45, 2.75) is 66.3 Å². The molecule has 0 saturated heterocycles. The van der Waals surface area contributed by atoms with Gasteiger partial charge in [0.25, 0.3) is 0 Å². The van der Waals surface area contributed by atoms with Crippen LogP contribution in [-0.4, -0.2) is 11.3 Å². The largest absolute Gasteiger partial charge is 0.325 e. The zero-order chi connectivity index (χ0) is 12.3. The second-order valence-electron chi connectivity index (χ2n) is 5.66. The average Bonchev–Trinajstić information content (AvgIpc) is 2.11. The van der Waals surface area contributed by atoms with Gasteiger partial charge in [-0.25, -0.2) is 0 Å². The van der Waals surface area contributed by atoms with Crippen molar-refractivity contribution in [3.8, 4) is 0 Å². The van der Waals surface area contributed by atoms with Crippen LogP contribution in [0.1, 0.15) is 60.8 Å². The summed E-state index contributed by atoms with van der Waals surface area (Å²) in [6.45, 7) is 12.1. The molecule has 0 amide bonds. The fraction of sp³-hybridized carbons (Fsp3) is 0.923. The first kappa shape index (κ1) is 14.6. The lowest BCUT2D eigenvalue weighted by atomic mass is 9.70. The normalized spacial score (nSPS) is 13.3. The first-order valence-corrected chi connectivity index (χ1v) is 5.99. The van der Waals surface area contributed by atoms with Crippen LogP contribution in [-0.2, 0) is 4.79 Å². The Labute approximate surface area is 94.6 Å². The lowest BCUT2D eigenvalue weighted by Gasteiger charge is -2.37. The van der Waals surface area contributed by atoms with E-state index in [-0.39, 0.29) is 0 Å². The van der Waals surface area contributed by atoms with Crippen molar-refractivity contribution < 1.29 is 4.79 Å². The Bertz CT molecular complexity index is 209. The molecule has 90 valence electrons. The minimum atomic E-state index is -0.448. The average molecular weight is 213 g/mol. The molecule has 15 heavy (non-hydrogen) atoms. The second kappa shape index (κ2) is 5.11. The second-order valence-corrected chi connectivity index (χ2v) is 5.66. The number of hydrogen-bond donors (Lipinski definition) is 1. The third kappa shape index (κ3) is 3.60. The number of carbonyl (C=O) groups excluding carboxylic acids is 1. The van der Waals surface area contributed by atoms with Crippen LogP contribution in [0.25, 0.3) is 0 Å². The molecule has 0 unspecified atom stereocenters. The Balaban J connectivity index is 4.58. The summed E-state index contributed by atoms with van der Waals surface area (Å²) in [6, 6.07) is 0. The molecule has 0 radical (unpaired) electrons. The summed E-state index contributed by atoms with van der Waals surface area (Å²) >= 11 is 0. The molecule has 0 aliphatic rings. The van der Waals surface area contributed by atoms with E-state index in [1.807, 2.05) is 27.7 Å². The van der Waals surface area contributed by atoms with E-state index < -0.39 is 11.0 Å². The van der Waals surface area contributed by atoms with Gasteiger partial charge >= 0.3 is 0 Å². The lowest BCUT2D eigenvalue weighted by Crippen LogP contribution is -2.52. The number of carbonyl (C=O) groups is 1. The zero-order valence-electron chi connectivity index (χ0n) is 11.2. The van der Waals surface area contributed by atoms with E-state index in [0.717, 1.165) is 12.8 Å². The molecule has 0 saturated carbocycles. The van der Waals surface area contributed by atoms with Crippen molar-refractivity contribution in [1.82, 2.24) is 0 Å². The van der Waals surface area contributed by atoms with Crippen molar-refractivity contribution in [3.05, 3.63) is 0 Å². The van der Waals surface area contributed by atoms with Crippen LogP contribution >= 0.6 is 0 Å². The fourth-order valence-corrected chi connectivity index (χ4v) is 1.45. The summed E-state index contributed by atoms with van der Waals surface area (Å²) in [5, 5.41) is 0. The number of nitrogens with two attached hydrogens (primary N) is 1. The van der Waals surface area contributed by atoms with E-state index in [9.17, 15) is 4.79 Å². The molecule has 0 aliphatic heterocycles. The van der Waals surface area contributed by atoms with E-state index in [1.165, 1.54) is 0 Å². The van der Waals surface area contributed by atoms with Crippen LogP contribution in [0, 0.1) is 11.3 Å². The molecular weight excluding hydrogens is 186 g/mol. The lowest BCUT2D eigenvalue weighted by molar-refractivity contribution is -0.131. The minimum Gasteiger partial charge on any atom is -0.325 e. The van der Waals surface area contributed by atoms with Crippen LogP contribution in [0.5, 0.6) is 0 Å². The van der Waals surface area contributed by atoms with Gasteiger partial charge in [0, 0.05) is 17.4 Å². The highest BCUT2D eigenvalue weighted by molar-refractivity contribution is 5.85. The highest BCUT2D eigenvalue weighted by atomic mass is 16.1. The van der Waals surface area contributed by atoms with Crippen LogP contribution in [0.2, 0.25) is 0 Å². The van der Waals surface area contributed by atoms with Gasteiger partial charge in [-0.2, -0.15) is 0 Å². The molecule has 0 aromatic heterocycles. The summed E-state index contributed by atoms with van der Waals surface area (Å²) in [4.78, 5) is 12.2. The van der Waals surface area contributed by atoms with Gasteiger partial charge in [0.05, 0.1) is 0 Å². The maximum atomic E-state index is 12.2. The summed E-state index contributed by atoms with van der Waals surface area (Å²) in [7, 11) is 0. The molecule has 0 aliphatic carbocycles. The van der Waals surface area contributed by atoms with Crippen molar-refractivity contribution in [2.24, 2.45) is 17.1 Å². The third-order valence-electron chi connectivity index (χ3n) is 3.94. The molecular formula is C13H27NO. The first-order valence-electron chi connectivity index (χ1n) is 5.99. The highest BCUT2D eigenvalue weighted by Crippen LogP contribution is 2.32. The Hall–Kier alpha value is -0.370. The van der Waals surface area contributed by atoms with E-state index >= 15 is 0 Å². The maximum Gasteiger partial charge on any atom is 0.140 e. The number of rotatable bonds is 6. The number of Topliss-reactive ketones (excluding diaryl/α,β-unsaturated/α-hetero) is 1.